The van der Waals surface area contributed by atoms with Gasteiger partial charge in [-0.15, -0.1) is 8.78 Å². The maximum Gasteiger partial charge on any atom is 0.586 e. The van der Waals surface area contributed by atoms with E-state index in [1.807, 2.05) is 0 Å². The van der Waals surface area contributed by atoms with Crippen LogP contribution in [0.2, 0.25) is 0 Å². The van der Waals surface area contributed by atoms with E-state index in [-0.39, 0.29) is 23.7 Å². The fourth-order valence-corrected chi connectivity index (χ4v) is 1.54. The Balaban J connectivity index is 2.12. The molecule has 21 heavy (non-hydrogen) atoms. The first-order valence-corrected chi connectivity index (χ1v) is 5.89. The Labute approximate surface area is 118 Å². The highest BCUT2D eigenvalue weighted by atomic mass is 19.3. The third kappa shape index (κ3) is 3.39. The summed E-state index contributed by atoms with van der Waals surface area (Å²) in [5.41, 5.74) is 0.0898. The molecule has 6 nitrogen and oxygen atoms in total. The number of alkyl halides is 2. The Kier molecular flexibility index (Phi) is 3.93. The Bertz CT molecular complexity index is 638. The van der Waals surface area contributed by atoms with E-state index in [0.29, 0.717) is 5.69 Å². The summed E-state index contributed by atoms with van der Waals surface area (Å²) in [5, 5.41) is 11.4. The topological polar surface area (TPSA) is 80.6 Å². The Hall–Kier alpha value is -2.82. The van der Waals surface area contributed by atoms with E-state index in [0.717, 1.165) is 6.20 Å². The van der Waals surface area contributed by atoms with Gasteiger partial charge in [-0.25, -0.2) is 4.79 Å². The smallest absolute Gasteiger partial charge is 0.462 e. The van der Waals surface area contributed by atoms with Crippen molar-refractivity contribution in [2.75, 3.05) is 11.9 Å². The number of carbonyl (C=O) groups is 1. The lowest BCUT2D eigenvalue weighted by atomic mass is 10.2. The van der Waals surface area contributed by atoms with Crippen molar-refractivity contribution in [3.8, 4) is 17.6 Å². The Morgan fingerprint density at radius 1 is 1.48 bits per heavy atom. The lowest BCUT2D eigenvalue weighted by molar-refractivity contribution is -0.286. The lowest BCUT2D eigenvalue weighted by Crippen LogP contribution is -2.25. The zero-order chi connectivity index (χ0) is 15.5. The Morgan fingerprint density at radius 2 is 2.19 bits per heavy atom. The van der Waals surface area contributed by atoms with Crippen LogP contribution < -0.4 is 14.8 Å². The second kappa shape index (κ2) is 5.66. The van der Waals surface area contributed by atoms with E-state index in [1.54, 1.807) is 13.0 Å². The van der Waals surface area contributed by atoms with Gasteiger partial charge in [0.1, 0.15) is 6.07 Å². The first-order chi connectivity index (χ1) is 9.95. The predicted molar refractivity (Wildman–Crippen MR) is 66.6 cm³/mol. The van der Waals surface area contributed by atoms with Crippen LogP contribution in [0.4, 0.5) is 14.5 Å². The van der Waals surface area contributed by atoms with E-state index in [9.17, 15) is 13.6 Å². The summed E-state index contributed by atoms with van der Waals surface area (Å²) in [6.07, 6.45) is -2.58. The molecule has 0 unspecified atom stereocenters. The molecule has 8 heteroatoms. The Morgan fingerprint density at radius 3 is 2.86 bits per heavy atom. The summed E-state index contributed by atoms with van der Waals surface area (Å²) >= 11 is 0. The van der Waals surface area contributed by atoms with Crippen LogP contribution in [0.5, 0.6) is 11.5 Å². The third-order valence-corrected chi connectivity index (χ3v) is 2.40. The molecule has 1 aromatic rings. The van der Waals surface area contributed by atoms with Crippen molar-refractivity contribution >= 4 is 11.7 Å². The maximum absolute atomic E-state index is 12.8. The molecule has 1 aliphatic rings. The van der Waals surface area contributed by atoms with Gasteiger partial charge in [0.2, 0.25) is 0 Å². The van der Waals surface area contributed by atoms with Crippen molar-refractivity contribution in [2.24, 2.45) is 0 Å². The van der Waals surface area contributed by atoms with Gasteiger partial charge in [-0.05, 0) is 19.1 Å². The van der Waals surface area contributed by atoms with Crippen LogP contribution in [0.1, 0.15) is 6.92 Å². The van der Waals surface area contributed by atoms with E-state index in [2.05, 4.69) is 19.5 Å². The van der Waals surface area contributed by atoms with Gasteiger partial charge in [0, 0.05) is 18.0 Å². The predicted octanol–water partition coefficient (Wildman–Crippen LogP) is 2.39. The van der Waals surface area contributed by atoms with Crippen LogP contribution in [0.15, 0.2) is 30.0 Å². The highest BCUT2D eigenvalue weighted by molar-refractivity contribution is 5.93. The second-order valence-electron chi connectivity index (χ2n) is 3.86. The molecule has 0 aromatic heterocycles. The van der Waals surface area contributed by atoms with E-state index < -0.39 is 12.3 Å². The molecule has 0 saturated heterocycles. The van der Waals surface area contributed by atoms with Crippen LogP contribution in [-0.2, 0) is 9.53 Å². The molecule has 2 rings (SSSR count). The number of ether oxygens (including phenoxy) is 3. The maximum atomic E-state index is 12.8. The fraction of sp³-hybridized carbons (Fsp3) is 0.231. The van der Waals surface area contributed by atoms with Gasteiger partial charge in [0.05, 0.1) is 6.61 Å². The molecular formula is C13H10F2N2O4. The van der Waals surface area contributed by atoms with Crippen LogP contribution >= 0.6 is 0 Å². The zero-order valence-corrected chi connectivity index (χ0v) is 10.9. The number of fused-ring (bicyclic) bond motifs is 1. The van der Waals surface area contributed by atoms with Crippen LogP contribution in [-0.4, -0.2) is 18.9 Å². The van der Waals surface area contributed by atoms with Gasteiger partial charge in [-0.2, -0.15) is 5.26 Å². The van der Waals surface area contributed by atoms with Crippen molar-refractivity contribution < 1.29 is 27.8 Å². The van der Waals surface area contributed by atoms with E-state index in [4.69, 9.17) is 5.26 Å². The number of hydrogen-bond acceptors (Lipinski definition) is 6. The molecule has 0 bridgehead atoms. The number of nitrogens with one attached hydrogen (secondary N) is 1. The highest BCUT2D eigenvalue weighted by Gasteiger charge is 2.43. The first kappa shape index (κ1) is 14.6. The molecule has 0 aliphatic carbocycles. The summed E-state index contributed by atoms with van der Waals surface area (Å²) in [4.78, 5) is 11.4. The molecular weight excluding hydrogens is 286 g/mol. The van der Waals surface area contributed by atoms with E-state index >= 15 is 0 Å². The quantitative estimate of drug-likeness (QED) is 0.522. The molecule has 1 aliphatic heterocycles. The third-order valence-electron chi connectivity index (χ3n) is 2.40. The van der Waals surface area contributed by atoms with Gasteiger partial charge in [-0.1, -0.05) is 0 Å². The normalized spacial score (nSPS) is 15.2. The summed E-state index contributed by atoms with van der Waals surface area (Å²) in [7, 11) is 0. The number of benzene rings is 1. The largest absolute Gasteiger partial charge is 0.586 e. The summed E-state index contributed by atoms with van der Waals surface area (Å²) < 4.78 is 38.9. The van der Waals surface area contributed by atoms with Crippen molar-refractivity contribution in [1.29, 1.82) is 5.26 Å². The standard InChI is InChI=1S/C13H10F2N2O4/c1-2-19-12(18)8(6-16)7-17-9-3-4-10-11(5-9)21-13(14,15)20-10/h3-5,7,17H,2H2,1H3/b8-7+. The van der Waals surface area contributed by atoms with E-state index in [1.165, 1.54) is 18.2 Å². The van der Waals surface area contributed by atoms with Gasteiger partial charge in [0.15, 0.2) is 17.1 Å². The molecule has 0 atom stereocenters. The molecule has 110 valence electrons. The number of nitrogens with zero attached hydrogens (tertiary/aromatic N) is 1. The van der Waals surface area contributed by atoms with Crippen LogP contribution in [0.25, 0.3) is 0 Å². The summed E-state index contributed by atoms with van der Waals surface area (Å²) in [6, 6.07) is 5.64. The number of anilines is 1. The number of hydrogen-bond donors (Lipinski definition) is 1. The summed E-state index contributed by atoms with van der Waals surface area (Å²) in [6.45, 7) is 1.75. The molecule has 0 radical (unpaired) electrons. The van der Waals surface area contributed by atoms with Crippen molar-refractivity contribution in [2.45, 2.75) is 13.2 Å². The zero-order valence-electron chi connectivity index (χ0n) is 10.9. The minimum atomic E-state index is -3.69. The van der Waals surface area contributed by atoms with Crippen molar-refractivity contribution in [1.82, 2.24) is 0 Å². The number of rotatable bonds is 4. The number of nitriles is 1. The van der Waals surface area contributed by atoms with Crippen molar-refractivity contribution in [3.63, 3.8) is 0 Å². The molecule has 0 spiro atoms. The lowest BCUT2D eigenvalue weighted by Gasteiger charge is -2.04. The molecule has 0 saturated carbocycles. The SMILES string of the molecule is CCOC(=O)/C(C#N)=C/Nc1ccc2c(c1)OC(F)(F)O2. The van der Waals surface area contributed by atoms with Crippen molar-refractivity contribution in [3.05, 3.63) is 30.0 Å². The average Bonchev–Trinajstić information content (AvgIpc) is 2.72. The fourth-order valence-electron chi connectivity index (χ4n) is 1.54. The minimum Gasteiger partial charge on any atom is -0.462 e. The molecule has 1 aromatic carbocycles. The van der Waals surface area contributed by atoms with Gasteiger partial charge in [-0.3, -0.25) is 0 Å². The van der Waals surface area contributed by atoms with Gasteiger partial charge >= 0.3 is 12.3 Å². The second-order valence-corrected chi connectivity index (χ2v) is 3.86. The highest BCUT2D eigenvalue weighted by Crippen LogP contribution is 2.42. The number of esters is 1. The van der Waals surface area contributed by atoms with Gasteiger partial charge < -0.3 is 19.5 Å². The van der Waals surface area contributed by atoms with Crippen LogP contribution in [0, 0.1) is 11.3 Å². The molecule has 1 N–H and O–H groups in total. The number of carbonyl (C=O) groups excluding carboxylic acids is 1. The minimum absolute atomic E-state index is 0.0968. The first-order valence-electron chi connectivity index (χ1n) is 5.89. The molecule has 1 heterocycles. The summed E-state index contributed by atoms with van der Waals surface area (Å²) in [5.74, 6) is -1.02. The molecule has 0 amide bonds. The van der Waals surface area contributed by atoms with Gasteiger partial charge in [0.25, 0.3) is 0 Å². The monoisotopic (exact) mass is 296 g/mol. The molecule has 0 fully saturated rings. The number of halogens is 2. The van der Waals surface area contributed by atoms with Crippen LogP contribution in [0.3, 0.4) is 0 Å². The average molecular weight is 296 g/mol.